The molecular formula is C20H23N3O4. The highest BCUT2D eigenvalue weighted by Gasteiger charge is 2.48. The van der Waals surface area contributed by atoms with Gasteiger partial charge in [-0.05, 0) is 42.7 Å². The van der Waals surface area contributed by atoms with Crippen molar-refractivity contribution in [2.24, 2.45) is 0 Å². The molecule has 3 heterocycles. The molecule has 142 valence electrons. The number of H-pyrrole nitrogens is 1. The van der Waals surface area contributed by atoms with Crippen molar-refractivity contribution >= 4 is 12.0 Å². The number of likely N-dealkylation sites (tertiary alicyclic amines) is 1. The van der Waals surface area contributed by atoms with Crippen LogP contribution in [0.15, 0.2) is 42.6 Å². The maximum atomic E-state index is 12.5. The van der Waals surface area contributed by atoms with Crippen molar-refractivity contribution in [2.45, 2.75) is 25.0 Å². The average Bonchev–Trinajstić information content (AvgIpc) is 3.40. The minimum atomic E-state index is -0.272. The number of fused-ring (bicyclic) bond motifs is 1. The van der Waals surface area contributed by atoms with Gasteiger partial charge >= 0.3 is 6.09 Å². The average molecular weight is 369 g/mol. The molecule has 1 aromatic carbocycles. The number of amides is 2. The van der Waals surface area contributed by atoms with Crippen molar-refractivity contribution in [3.8, 4) is 5.75 Å². The van der Waals surface area contributed by atoms with E-state index in [1.165, 1.54) is 5.56 Å². The molecule has 0 unspecified atom stereocenters. The van der Waals surface area contributed by atoms with Gasteiger partial charge in [0.05, 0.1) is 19.7 Å². The predicted molar refractivity (Wildman–Crippen MR) is 98.8 cm³/mol. The lowest BCUT2D eigenvalue weighted by atomic mass is 10.1. The van der Waals surface area contributed by atoms with Crippen LogP contribution >= 0.6 is 0 Å². The van der Waals surface area contributed by atoms with Crippen molar-refractivity contribution in [1.29, 1.82) is 0 Å². The molecule has 2 aliphatic rings. The first-order valence-corrected chi connectivity index (χ1v) is 9.18. The molecule has 2 fully saturated rings. The van der Waals surface area contributed by atoms with E-state index in [4.69, 9.17) is 9.47 Å². The zero-order chi connectivity index (χ0) is 18.8. The van der Waals surface area contributed by atoms with Gasteiger partial charge in [-0.1, -0.05) is 12.1 Å². The highest BCUT2D eigenvalue weighted by atomic mass is 16.6. The minimum absolute atomic E-state index is 0.0522. The van der Waals surface area contributed by atoms with Crippen molar-refractivity contribution < 1.29 is 19.1 Å². The van der Waals surface area contributed by atoms with E-state index >= 15 is 0 Å². The Hall–Kier alpha value is -2.96. The first kappa shape index (κ1) is 17.5. The van der Waals surface area contributed by atoms with Crippen LogP contribution in [0.4, 0.5) is 4.79 Å². The zero-order valence-corrected chi connectivity index (χ0v) is 15.3. The summed E-state index contributed by atoms with van der Waals surface area (Å²) >= 11 is 0. The number of aromatic nitrogens is 1. The molecule has 27 heavy (non-hydrogen) atoms. The fourth-order valence-electron chi connectivity index (χ4n) is 3.81. The number of hydrogen-bond acceptors (Lipinski definition) is 4. The molecule has 0 spiro atoms. The topological polar surface area (TPSA) is 74.9 Å². The van der Waals surface area contributed by atoms with Crippen molar-refractivity contribution in [2.75, 3.05) is 26.7 Å². The minimum Gasteiger partial charge on any atom is -0.497 e. The van der Waals surface area contributed by atoms with Crippen LogP contribution in [-0.2, 0) is 11.2 Å². The second-order valence-corrected chi connectivity index (χ2v) is 6.93. The number of carbonyl (C=O) groups is 2. The lowest BCUT2D eigenvalue weighted by Gasteiger charge is -2.22. The van der Waals surface area contributed by atoms with Gasteiger partial charge in [-0.2, -0.15) is 0 Å². The third-order valence-corrected chi connectivity index (χ3v) is 5.26. The number of nitrogens with zero attached hydrogens (tertiary/aromatic N) is 2. The Kier molecular flexibility index (Phi) is 4.75. The summed E-state index contributed by atoms with van der Waals surface area (Å²) in [5, 5.41) is 0. The Morgan fingerprint density at radius 1 is 1.26 bits per heavy atom. The van der Waals surface area contributed by atoms with Gasteiger partial charge in [-0.15, -0.1) is 0 Å². The number of rotatable bonds is 6. The molecule has 2 saturated heterocycles. The lowest BCUT2D eigenvalue weighted by Crippen LogP contribution is -2.40. The quantitative estimate of drug-likeness (QED) is 0.848. The maximum absolute atomic E-state index is 12.5. The van der Waals surface area contributed by atoms with E-state index in [-0.39, 0.29) is 24.1 Å². The van der Waals surface area contributed by atoms with Gasteiger partial charge in [-0.25, -0.2) is 4.79 Å². The van der Waals surface area contributed by atoms with E-state index in [0.717, 1.165) is 18.6 Å². The molecular weight excluding hydrogens is 346 g/mol. The third kappa shape index (κ3) is 3.49. The van der Waals surface area contributed by atoms with E-state index in [2.05, 4.69) is 4.98 Å². The molecule has 0 bridgehead atoms. The highest BCUT2D eigenvalue weighted by Crippen LogP contribution is 2.28. The molecule has 2 atom stereocenters. The predicted octanol–water partition coefficient (Wildman–Crippen LogP) is 2.30. The van der Waals surface area contributed by atoms with Crippen LogP contribution in [0.1, 0.15) is 22.5 Å². The number of hydrogen-bond donors (Lipinski definition) is 1. The Balaban J connectivity index is 1.33. The molecule has 2 aromatic rings. The van der Waals surface area contributed by atoms with Gasteiger partial charge in [0.15, 0.2) is 0 Å². The molecule has 1 aromatic heterocycles. The number of nitrogens with one attached hydrogen (secondary N) is 1. The van der Waals surface area contributed by atoms with Gasteiger partial charge in [0.1, 0.15) is 17.5 Å². The van der Waals surface area contributed by atoms with Gasteiger partial charge in [0, 0.05) is 19.3 Å². The van der Waals surface area contributed by atoms with E-state index in [1.807, 2.05) is 24.3 Å². The van der Waals surface area contributed by atoms with E-state index < -0.39 is 0 Å². The van der Waals surface area contributed by atoms with Gasteiger partial charge in [0.25, 0.3) is 5.91 Å². The summed E-state index contributed by atoms with van der Waals surface area (Å²) in [5.41, 5.74) is 1.77. The largest absolute Gasteiger partial charge is 0.497 e. The number of benzene rings is 1. The van der Waals surface area contributed by atoms with Crippen LogP contribution in [0.3, 0.4) is 0 Å². The zero-order valence-electron chi connectivity index (χ0n) is 15.3. The maximum Gasteiger partial charge on any atom is 0.410 e. The SMILES string of the molecule is COc1ccc(CCCN2C(=O)O[C@H]3CN(C(=O)c4ccc[nH]4)C[C@H]32)cc1. The van der Waals surface area contributed by atoms with Crippen molar-refractivity contribution in [3.05, 3.63) is 53.9 Å². The summed E-state index contributed by atoms with van der Waals surface area (Å²) in [5.74, 6) is 0.783. The lowest BCUT2D eigenvalue weighted by molar-refractivity contribution is 0.0723. The molecule has 0 aliphatic carbocycles. The summed E-state index contributed by atoms with van der Waals surface area (Å²) in [7, 11) is 1.65. The normalized spacial score (nSPS) is 21.3. The monoisotopic (exact) mass is 369 g/mol. The summed E-state index contributed by atoms with van der Waals surface area (Å²) in [6.07, 6.45) is 2.94. The first-order valence-electron chi connectivity index (χ1n) is 9.18. The van der Waals surface area contributed by atoms with E-state index in [0.29, 0.717) is 25.3 Å². The third-order valence-electron chi connectivity index (χ3n) is 5.26. The van der Waals surface area contributed by atoms with Crippen LogP contribution in [-0.4, -0.2) is 65.7 Å². The molecule has 2 aliphatic heterocycles. The van der Waals surface area contributed by atoms with Crippen LogP contribution in [0.5, 0.6) is 5.75 Å². The standard InChI is InChI=1S/C20H23N3O4/c1-26-15-8-6-14(7-9-15)4-3-11-23-17-12-22(13-18(17)27-20(23)25)19(24)16-5-2-10-21-16/h2,5-10,17-18,21H,3-4,11-13H2,1H3/t17-,18+/m1/s1. The van der Waals surface area contributed by atoms with Crippen LogP contribution in [0, 0.1) is 0 Å². The molecule has 7 heteroatoms. The van der Waals surface area contributed by atoms with E-state index in [9.17, 15) is 9.59 Å². The van der Waals surface area contributed by atoms with E-state index in [1.54, 1.807) is 35.2 Å². The Bertz CT molecular complexity index is 803. The number of aryl methyl sites for hydroxylation is 1. The highest BCUT2D eigenvalue weighted by molar-refractivity contribution is 5.93. The molecule has 4 rings (SSSR count). The second kappa shape index (κ2) is 7.34. The Morgan fingerprint density at radius 2 is 2.07 bits per heavy atom. The molecule has 1 N–H and O–H groups in total. The number of ether oxygens (including phenoxy) is 2. The van der Waals surface area contributed by atoms with Gasteiger partial charge < -0.3 is 19.4 Å². The molecule has 2 amide bonds. The number of carbonyl (C=O) groups excluding carboxylic acids is 2. The number of methoxy groups -OCH3 is 1. The van der Waals surface area contributed by atoms with Crippen LogP contribution in [0.2, 0.25) is 0 Å². The summed E-state index contributed by atoms with van der Waals surface area (Å²) in [6, 6.07) is 11.5. The van der Waals surface area contributed by atoms with Gasteiger partial charge in [0.2, 0.25) is 0 Å². The van der Waals surface area contributed by atoms with Crippen molar-refractivity contribution in [1.82, 2.24) is 14.8 Å². The number of aromatic amines is 1. The summed E-state index contributed by atoms with van der Waals surface area (Å²) < 4.78 is 10.7. The van der Waals surface area contributed by atoms with Crippen molar-refractivity contribution in [3.63, 3.8) is 0 Å². The molecule has 0 radical (unpaired) electrons. The summed E-state index contributed by atoms with van der Waals surface area (Å²) in [4.78, 5) is 31.2. The Labute approximate surface area is 157 Å². The molecule has 7 nitrogen and oxygen atoms in total. The molecule has 0 saturated carbocycles. The fourth-order valence-corrected chi connectivity index (χ4v) is 3.81. The second-order valence-electron chi connectivity index (χ2n) is 6.93. The fraction of sp³-hybridized carbons (Fsp3) is 0.400. The van der Waals surface area contributed by atoms with Crippen LogP contribution in [0.25, 0.3) is 0 Å². The van der Waals surface area contributed by atoms with Crippen LogP contribution < -0.4 is 4.74 Å². The summed E-state index contributed by atoms with van der Waals surface area (Å²) in [6.45, 7) is 1.58. The smallest absolute Gasteiger partial charge is 0.410 e. The first-order chi connectivity index (χ1) is 13.2. The Morgan fingerprint density at radius 3 is 2.78 bits per heavy atom. The van der Waals surface area contributed by atoms with Gasteiger partial charge in [-0.3, -0.25) is 9.69 Å².